The Bertz CT molecular complexity index is 1620. The van der Waals surface area contributed by atoms with E-state index in [-0.39, 0.29) is 24.1 Å². The molecule has 0 N–H and O–H groups in total. The predicted octanol–water partition coefficient (Wildman–Crippen LogP) is 5.89. The second-order valence-corrected chi connectivity index (χ2v) is 12.1. The minimum Gasteiger partial charge on any atom is -0.492 e. The molecule has 0 aromatic heterocycles. The summed E-state index contributed by atoms with van der Waals surface area (Å²) in [5.74, 6) is 1.24. The van der Waals surface area contributed by atoms with Gasteiger partial charge in [0.25, 0.3) is 0 Å². The van der Waals surface area contributed by atoms with Crippen LogP contribution in [0.2, 0.25) is 0 Å². The van der Waals surface area contributed by atoms with E-state index < -0.39 is 24.4 Å². The van der Waals surface area contributed by atoms with Gasteiger partial charge in [-0.1, -0.05) is 12.1 Å². The van der Waals surface area contributed by atoms with Gasteiger partial charge in [0.2, 0.25) is 0 Å². The van der Waals surface area contributed by atoms with Gasteiger partial charge in [-0.2, -0.15) is 5.26 Å². The first-order chi connectivity index (χ1) is 20.5. The molecule has 2 aliphatic heterocycles. The topological polar surface area (TPSA) is 96.2 Å². The average Bonchev–Trinajstić information content (AvgIpc) is 3.64. The SMILES string of the molecule is COC(=O)C[C@@H]1COc2cc(O[C@@H]3CCc4c(Oc5cc(B6OC(C)(C)C(C)(C)O6)ccc5C#N)ccc(F)c43)ccc21. The van der Waals surface area contributed by atoms with Gasteiger partial charge in [-0.05, 0) is 76.3 Å². The highest BCUT2D eigenvalue weighted by atomic mass is 19.1. The van der Waals surface area contributed by atoms with Crippen molar-refractivity contribution >= 4 is 18.6 Å². The number of fused-ring (bicyclic) bond motifs is 2. The van der Waals surface area contributed by atoms with Crippen molar-refractivity contribution in [1.29, 1.82) is 5.26 Å². The monoisotopic (exact) mass is 585 g/mol. The molecule has 2 heterocycles. The minimum atomic E-state index is -0.621. The van der Waals surface area contributed by atoms with Crippen LogP contribution < -0.4 is 19.7 Å². The Morgan fingerprint density at radius 2 is 1.84 bits per heavy atom. The zero-order valence-electron chi connectivity index (χ0n) is 24.9. The van der Waals surface area contributed by atoms with E-state index in [1.54, 1.807) is 30.3 Å². The smallest absolute Gasteiger partial charge is 0.492 e. The fourth-order valence-corrected chi connectivity index (χ4v) is 5.76. The van der Waals surface area contributed by atoms with Crippen LogP contribution in [0.15, 0.2) is 48.5 Å². The molecule has 6 rings (SSSR count). The van der Waals surface area contributed by atoms with Crippen molar-refractivity contribution in [1.82, 2.24) is 0 Å². The summed E-state index contributed by atoms with van der Waals surface area (Å²) in [7, 11) is 0.746. The van der Waals surface area contributed by atoms with E-state index in [9.17, 15) is 10.1 Å². The molecule has 1 aliphatic carbocycles. The second-order valence-electron chi connectivity index (χ2n) is 12.1. The molecule has 2 atom stereocenters. The maximum atomic E-state index is 15.3. The molecule has 8 nitrogen and oxygen atoms in total. The van der Waals surface area contributed by atoms with Crippen LogP contribution in [0.5, 0.6) is 23.0 Å². The lowest BCUT2D eigenvalue weighted by atomic mass is 9.78. The Labute approximate surface area is 250 Å². The number of methoxy groups -OCH3 is 1. The normalized spacial score (nSPS) is 21.0. The molecular weight excluding hydrogens is 552 g/mol. The van der Waals surface area contributed by atoms with E-state index in [4.69, 9.17) is 28.3 Å². The van der Waals surface area contributed by atoms with Gasteiger partial charge >= 0.3 is 13.1 Å². The Balaban J connectivity index is 1.23. The van der Waals surface area contributed by atoms with Gasteiger partial charge in [0, 0.05) is 28.7 Å². The molecule has 0 spiro atoms. The Morgan fingerprint density at radius 1 is 1.07 bits per heavy atom. The highest BCUT2D eigenvalue weighted by molar-refractivity contribution is 6.62. The third kappa shape index (κ3) is 5.32. The number of rotatable bonds is 7. The number of nitrogens with zero attached hydrogens (tertiary/aromatic N) is 1. The van der Waals surface area contributed by atoms with Gasteiger partial charge in [0.05, 0.1) is 36.9 Å². The third-order valence-electron chi connectivity index (χ3n) is 8.89. The van der Waals surface area contributed by atoms with Crippen molar-refractivity contribution in [2.45, 2.75) is 70.2 Å². The summed E-state index contributed by atoms with van der Waals surface area (Å²) in [5.41, 5.74) is 2.08. The predicted molar refractivity (Wildman–Crippen MR) is 156 cm³/mol. The Morgan fingerprint density at radius 3 is 2.56 bits per heavy atom. The van der Waals surface area contributed by atoms with E-state index >= 15 is 4.39 Å². The quantitative estimate of drug-likeness (QED) is 0.250. The van der Waals surface area contributed by atoms with Crippen molar-refractivity contribution in [3.8, 4) is 29.1 Å². The lowest BCUT2D eigenvalue weighted by Gasteiger charge is -2.32. The molecule has 3 aliphatic rings. The number of hydrogen-bond donors (Lipinski definition) is 0. The number of esters is 1. The van der Waals surface area contributed by atoms with Crippen LogP contribution in [0.25, 0.3) is 0 Å². The zero-order valence-corrected chi connectivity index (χ0v) is 24.9. The highest BCUT2D eigenvalue weighted by Gasteiger charge is 2.51. The van der Waals surface area contributed by atoms with Crippen molar-refractivity contribution < 1.29 is 37.4 Å². The summed E-state index contributed by atoms with van der Waals surface area (Å²) < 4.78 is 50.8. The summed E-state index contributed by atoms with van der Waals surface area (Å²) in [6.45, 7) is 8.30. The van der Waals surface area contributed by atoms with Crippen LogP contribution >= 0.6 is 0 Å². The summed E-state index contributed by atoms with van der Waals surface area (Å²) in [5, 5.41) is 9.80. The molecule has 1 fully saturated rings. The average molecular weight is 585 g/mol. The van der Waals surface area contributed by atoms with Gasteiger partial charge < -0.3 is 28.3 Å². The third-order valence-corrected chi connectivity index (χ3v) is 8.89. The molecule has 222 valence electrons. The minimum absolute atomic E-state index is 0.0811. The van der Waals surface area contributed by atoms with Crippen LogP contribution in [-0.4, -0.2) is 38.0 Å². The van der Waals surface area contributed by atoms with E-state index in [2.05, 4.69) is 6.07 Å². The molecular formula is C33H33BFNO7. The molecule has 3 aromatic carbocycles. The first-order valence-corrected chi connectivity index (χ1v) is 14.4. The molecule has 0 unspecified atom stereocenters. The van der Waals surface area contributed by atoms with Crippen molar-refractivity contribution in [2.75, 3.05) is 13.7 Å². The molecule has 0 bridgehead atoms. The van der Waals surface area contributed by atoms with E-state index in [0.717, 1.165) is 11.0 Å². The van der Waals surface area contributed by atoms with Gasteiger partial charge in [0.1, 0.15) is 41.0 Å². The Hall–Kier alpha value is -4.07. The van der Waals surface area contributed by atoms with E-state index in [0.29, 0.717) is 59.1 Å². The van der Waals surface area contributed by atoms with Gasteiger partial charge in [-0.15, -0.1) is 0 Å². The molecule has 10 heteroatoms. The zero-order chi connectivity index (χ0) is 30.5. The van der Waals surface area contributed by atoms with Crippen LogP contribution in [0.4, 0.5) is 4.39 Å². The first kappa shape index (κ1) is 29.0. The molecule has 0 saturated carbocycles. The maximum Gasteiger partial charge on any atom is 0.494 e. The lowest BCUT2D eigenvalue weighted by Crippen LogP contribution is -2.41. The fraction of sp³-hybridized carbons (Fsp3) is 0.394. The number of carbonyl (C=O) groups excluding carboxylic acids is 1. The number of hydrogen-bond acceptors (Lipinski definition) is 8. The van der Waals surface area contributed by atoms with Gasteiger partial charge in [-0.25, -0.2) is 4.39 Å². The number of halogens is 1. The molecule has 3 aromatic rings. The van der Waals surface area contributed by atoms with Crippen molar-refractivity contribution in [3.63, 3.8) is 0 Å². The standard InChI is InChI=1S/C33H33BFNO7/c1-32(2)33(3,4)43-34(42-32)21-7-6-19(17-36)28(15-21)41-26-13-11-25(35)31-24(26)10-12-27(31)40-22-8-9-23-20(14-30(37)38-5)18-39-29(23)16-22/h6-9,11,13,15-16,20,27H,10,12,14,18H2,1-5H3/t20-,27-/m1/s1. The molecule has 43 heavy (non-hydrogen) atoms. The summed E-state index contributed by atoms with van der Waals surface area (Å²) in [6, 6.07) is 15.8. The van der Waals surface area contributed by atoms with Crippen LogP contribution in [-0.2, 0) is 25.3 Å². The fourth-order valence-electron chi connectivity index (χ4n) is 5.76. The van der Waals surface area contributed by atoms with Crippen molar-refractivity contribution in [3.05, 3.63) is 76.6 Å². The maximum absolute atomic E-state index is 15.3. The molecule has 0 amide bonds. The van der Waals surface area contributed by atoms with Gasteiger partial charge in [0.15, 0.2) is 0 Å². The van der Waals surface area contributed by atoms with Gasteiger partial charge in [-0.3, -0.25) is 4.79 Å². The van der Waals surface area contributed by atoms with Crippen molar-refractivity contribution in [2.24, 2.45) is 0 Å². The van der Waals surface area contributed by atoms with Crippen LogP contribution in [0, 0.1) is 17.1 Å². The Kier molecular flexibility index (Phi) is 7.35. The highest BCUT2D eigenvalue weighted by Crippen LogP contribution is 2.45. The van der Waals surface area contributed by atoms with Crippen LogP contribution in [0.3, 0.4) is 0 Å². The second kappa shape index (κ2) is 10.9. The van der Waals surface area contributed by atoms with E-state index in [1.807, 2.05) is 39.8 Å². The molecule has 0 radical (unpaired) electrons. The lowest BCUT2D eigenvalue weighted by molar-refractivity contribution is -0.141. The summed E-state index contributed by atoms with van der Waals surface area (Å²) >= 11 is 0. The molecule has 1 saturated heterocycles. The number of carbonyl (C=O) groups is 1. The summed E-state index contributed by atoms with van der Waals surface area (Å²) in [6.07, 6.45) is 0.791. The first-order valence-electron chi connectivity index (χ1n) is 14.4. The van der Waals surface area contributed by atoms with E-state index in [1.165, 1.54) is 13.2 Å². The number of nitriles is 1. The largest absolute Gasteiger partial charge is 0.494 e. The summed E-state index contributed by atoms with van der Waals surface area (Å²) in [4.78, 5) is 11.8. The number of benzene rings is 3. The van der Waals surface area contributed by atoms with Crippen LogP contribution in [0.1, 0.15) is 74.8 Å². The number of ether oxygens (including phenoxy) is 4.